The van der Waals surface area contributed by atoms with Gasteiger partial charge in [-0.2, -0.15) is 0 Å². The fourth-order valence-electron chi connectivity index (χ4n) is 1.19. The van der Waals surface area contributed by atoms with Gasteiger partial charge in [-0.25, -0.2) is 0 Å². The molecule has 2 N–H and O–H groups in total. The predicted molar refractivity (Wildman–Crippen MR) is 53.7 cm³/mol. The predicted octanol–water partition coefficient (Wildman–Crippen LogP) is 0.429. The lowest BCUT2D eigenvalue weighted by Crippen LogP contribution is -2.35. The molecule has 4 heteroatoms. The van der Waals surface area contributed by atoms with Crippen LogP contribution >= 0.6 is 0 Å². The largest absolute Gasteiger partial charge is 0.354 e. The molecule has 14 heavy (non-hydrogen) atoms. The second-order valence-corrected chi connectivity index (χ2v) is 3.67. The van der Waals surface area contributed by atoms with Crippen molar-refractivity contribution in [1.82, 2.24) is 10.6 Å². The van der Waals surface area contributed by atoms with Crippen molar-refractivity contribution in [3.8, 4) is 0 Å². The molecule has 0 aromatic carbocycles. The summed E-state index contributed by atoms with van der Waals surface area (Å²) in [4.78, 5) is 22.2. The highest BCUT2D eigenvalue weighted by molar-refractivity contribution is 5.81. The highest BCUT2D eigenvalue weighted by Crippen LogP contribution is 2.28. The van der Waals surface area contributed by atoms with E-state index in [1.54, 1.807) is 0 Å². The molecule has 0 aromatic rings. The van der Waals surface area contributed by atoms with Crippen molar-refractivity contribution >= 4 is 11.8 Å². The molecular weight excluding hydrogens is 180 g/mol. The molecule has 1 aliphatic carbocycles. The first-order valence-corrected chi connectivity index (χ1v) is 5.28. The first-order valence-electron chi connectivity index (χ1n) is 5.28. The maximum absolute atomic E-state index is 11.2. The molecule has 1 aliphatic rings. The molecule has 0 aliphatic heterocycles. The van der Waals surface area contributed by atoms with Gasteiger partial charge in [0.15, 0.2) is 0 Å². The smallest absolute Gasteiger partial charge is 0.223 e. The summed E-state index contributed by atoms with van der Waals surface area (Å²) < 4.78 is 0. The minimum atomic E-state index is 0.0631. The summed E-state index contributed by atoms with van der Waals surface area (Å²) in [5.74, 6) is 0.448. The number of carbonyl (C=O) groups excluding carboxylic acids is 2. The highest BCUT2D eigenvalue weighted by Gasteiger charge is 2.28. The summed E-state index contributed by atoms with van der Waals surface area (Å²) in [6, 6.07) is 0. The molecule has 0 spiro atoms. The number of hydrogen-bond donors (Lipinski definition) is 2. The van der Waals surface area contributed by atoms with Crippen LogP contribution < -0.4 is 10.6 Å². The number of carbonyl (C=O) groups is 2. The minimum absolute atomic E-state index is 0.0631. The summed E-state index contributed by atoms with van der Waals surface area (Å²) in [6.45, 7) is 3.05. The van der Waals surface area contributed by atoms with Crippen molar-refractivity contribution < 1.29 is 9.59 Å². The molecule has 2 amide bonds. The Bertz CT molecular complexity index is 212. The lowest BCUT2D eigenvalue weighted by Gasteiger charge is -2.05. The van der Waals surface area contributed by atoms with Crippen LogP contribution in [-0.2, 0) is 9.59 Å². The monoisotopic (exact) mass is 198 g/mol. The summed E-state index contributed by atoms with van der Waals surface area (Å²) in [5, 5.41) is 5.53. The van der Waals surface area contributed by atoms with Crippen LogP contribution in [0.2, 0.25) is 0 Å². The summed E-state index contributed by atoms with van der Waals surface area (Å²) >= 11 is 0. The average molecular weight is 198 g/mol. The van der Waals surface area contributed by atoms with Crippen LogP contribution in [-0.4, -0.2) is 24.9 Å². The van der Waals surface area contributed by atoms with Crippen LogP contribution in [0.25, 0.3) is 0 Å². The van der Waals surface area contributed by atoms with E-state index in [9.17, 15) is 9.59 Å². The van der Waals surface area contributed by atoms with Crippen molar-refractivity contribution in [1.29, 1.82) is 0 Å². The van der Waals surface area contributed by atoms with Crippen molar-refractivity contribution in [3.63, 3.8) is 0 Å². The van der Waals surface area contributed by atoms with Crippen LogP contribution in [0.1, 0.15) is 32.6 Å². The molecule has 0 saturated heterocycles. The van der Waals surface area contributed by atoms with E-state index in [-0.39, 0.29) is 17.7 Å². The van der Waals surface area contributed by atoms with Gasteiger partial charge in [0.05, 0.1) is 0 Å². The second-order valence-electron chi connectivity index (χ2n) is 3.67. The maximum Gasteiger partial charge on any atom is 0.223 e. The fraction of sp³-hybridized carbons (Fsp3) is 0.800. The second kappa shape index (κ2) is 5.62. The Balaban J connectivity index is 1.93. The van der Waals surface area contributed by atoms with E-state index in [1.807, 2.05) is 6.92 Å². The maximum atomic E-state index is 11.2. The zero-order chi connectivity index (χ0) is 10.4. The number of hydrogen-bond acceptors (Lipinski definition) is 2. The Kier molecular flexibility index (Phi) is 4.43. The average Bonchev–Trinajstić information content (AvgIpc) is 2.95. The van der Waals surface area contributed by atoms with Gasteiger partial charge >= 0.3 is 0 Å². The summed E-state index contributed by atoms with van der Waals surface area (Å²) in [6.07, 6.45) is 3.47. The molecule has 0 unspecified atom stereocenters. The Labute approximate surface area is 84.4 Å². The van der Waals surface area contributed by atoms with Gasteiger partial charge in [0.2, 0.25) is 11.8 Å². The third kappa shape index (κ3) is 4.25. The first-order chi connectivity index (χ1) is 6.74. The van der Waals surface area contributed by atoms with Gasteiger partial charge in [-0.3, -0.25) is 9.59 Å². The van der Waals surface area contributed by atoms with E-state index in [0.717, 1.165) is 19.3 Å². The molecule has 0 aromatic heterocycles. The molecule has 80 valence electrons. The lowest BCUT2D eigenvalue weighted by molar-refractivity contribution is -0.123. The van der Waals surface area contributed by atoms with E-state index >= 15 is 0 Å². The molecule has 1 fully saturated rings. The topological polar surface area (TPSA) is 58.2 Å². The van der Waals surface area contributed by atoms with E-state index in [4.69, 9.17) is 0 Å². The molecule has 1 saturated carbocycles. The first kappa shape index (κ1) is 11.0. The molecule has 4 nitrogen and oxygen atoms in total. The molecular formula is C10H18N2O2. The SMILES string of the molecule is CCCC(=O)NCCNC(=O)C1CC1. The Morgan fingerprint density at radius 1 is 1.21 bits per heavy atom. The lowest BCUT2D eigenvalue weighted by atomic mass is 10.3. The Morgan fingerprint density at radius 3 is 2.43 bits per heavy atom. The van der Waals surface area contributed by atoms with Gasteiger partial charge in [0.25, 0.3) is 0 Å². The van der Waals surface area contributed by atoms with E-state index in [1.165, 1.54) is 0 Å². The number of amides is 2. The zero-order valence-electron chi connectivity index (χ0n) is 8.64. The van der Waals surface area contributed by atoms with E-state index < -0.39 is 0 Å². The number of rotatable bonds is 6. The van der Waals surface area contributed by atoms with Crippen molar-refractivity contribution in [2.24, 2.45) is 5.92 Å². The Morgan fingerprint density at radius 2 is 1.86 bits per heavy atom. The third-order valence-corrected chi connectivity index (χ3v) is 2.17. The van der Waals surface area contributed by atoms with Gasteiger partial charge in [0.1, 0.15) is 0 Å². The van der Waals surface area contributed by atoms with Gasteiger partial charge in [-0.1, -0.05) is 6.92 Å². The molecule has 0 bridgehead atoms. The van der Waals surface area contributed by atoms with Gasteiger partial charge in [-0.05, 0) is 19.3 Å². The van der Waals surface area contributed by atoms with Crippen LogP contribution in [0.3, 0.4) is 0 Å². The molecule has 0 atom stereocenters. The van der Waals surface area contributed by atoms with Crippen LogP contribution in [0, 0.1) is 5.92 Å². The van der Waals surface area contributed by atoms with Crippen LogP contribution in [0.15, 0.2) is 0 Å². The molecule has 0 radical (unpaired) electrons. The normalized spacial score (nSPS) is 14.9. The van der Waals surface area contributed by atoms with E-state index in [0.29, 0.717) is 19.5 Å². The third-order valence-electron chi connectivity index (χ3n) is 2.17. The van der Waals surface area contributed by atoms with Crippen LogP contribution in [0.4, 0.5) is 0 Å². The van der Waals surface area contributed by atoms with Crippen LogP contribution in [0.5, 0.6) is 0 Å². The Hall–Kier alpha value is -1.06. The molecule has 1 rings (SSSR count). The number of nitrogens with one attached hydrogen (secondary N) is 2. The summed E-state index contributed by atoms with van der Waals surface area (Å²) in [5.41, 5.74) is 0. The zero-order valence-corrected chi connectivity index (χ0v) is 8.64. The van der Waals surface area contributed by atoms with Crippen molar-refractivity contribution in [3.05, 3.63) is 0 Å². The highest BCUT2D eigenvalue weighted by atomic mass is 16.2. The van der Waals surface area contributed by atoms with Gasteiger partial charge in [-0.15, -0.1) is 0 Å². The van der Waals surface area contributed by atoms with Gasteiger partial charge in [0, 0.05) is 25.4 Å². The minimum Gasteiger partial charge on any atom is -0.354 e. The standard InChI is InChI=1S/C10H18N2O2/c1-2-3-9(13)11-6-7-12-10(14)8-4-5-8/h8H,2-7H2,1H3,(H,11,13)(H,12,14). The van der Waals surface area contributed by atoms with Crippen molar-refractivity contribution in [2.45, 2.75) is 32.6 Å². The quantitative estimate of drug-likeness (QED) is 0.608. The van der Waals surface area contributed by atoms with Crippen molar-refractivity contribution in [2.75, 3.05) is 13.1 Å². The van der Waals surface area contributed by atoms with Gasteiger partial charge < -0.3 is 10.6 Å². The molecule has 0 heterocycles. The fourth-order valence-corrected chi connectivity index (χ4v) is 1.19. The summed E-state index contributed by atoms with van der Waals surface area (Å²) in [7, 11) is 0. The van der Waals surface area contributed by atoms with E-state index in [2.05, 4.69) is 10.6 Å².